The average molecular weight is 209 g/mol. The largest absolute Gasteiger partial charge is 0.389 e. The second kappa shape index (κ2) is 3.89. The minimum absolute atomic E-state index is 0.160. The molecule has 3 aliphatic rings. The van der Waals surface area contributed by atoms with E-state index in [1.807, 2.05) is 0 Å². The molecule has 2 N–H and O–H groups in total. The molecule has 84 valence electrons. The van der Waals surface area contributed by atoms with Gasteiger partial charge in [0.15, 0.2) is 0 Å². The Hall–Kier alpha value is -0.380. The Balaban J connectivity index is 1.48. The number of nitrogens with one attached hydrogen (secondary N) is 1. The highest BCUT2D eigenvalue weighted by Gasteiger charge is 2.36. The third-order valence-electron chi connectivity index (χ3n) is 4.11. The first-order chi connectivity index (χ1) is 7.33. The van der Waals surface area contributed by atoms with Crippen LogP contribution < -0.4 is 5.32 Å². The molecular formula is C12H19NO2. The van der Waals surface area contributed by atoms with Crippen molar-refractivity contribution in [2.45, 2.75) is 25.0 Å². The van der Waals surface area contributed by atoms with Crippen LogP contribution >= 0.6 is 0 Å². The summed E-state index contributed by atoms with van der Waals surface area (Å²) in [5, 5.41) is 13.0. The summed E-state index contributed by atoms with van der Waals surface area (Å²) in [6.45, 7) is 2.20. The molecule has 2 bridgehead atoms. The number of hydrogen-bond donors (Lipinski definition) is 2. The van der Waals surface area contributed by atoms with Gasteiger partial charge in [0.05, 0.1) is 25.4 Å². The van der Waals surface area contributed by atoms with E-state index in [1.165, 1.54) is 12.8 Å². The third-order valence-corrected chi connectivity index (χ3v) is 4.11. The quantitative estimate of drug-likeness (QED) is 0.667. The zero-order valence-corrected chi connectivity index (χ0v) is 8.93. The molecule has 5 atom stereocenters. The van der Waals surface area contributed by atoms with Gasteiger partial charge in [-0.15, -0.1) is 0 Å². The van der Waals surface area contributed by atoms with Gasteiger partial charge in [0.1, 0.15) is 0 Å². The Bertz CT molecular complexity index is 266. The summed E-state index contributed by atoms with van der Waals surface area (Å²) >= 11 is 0. The van der Waals surface area contributed by atoms with Crippen molar-refractivity contribution in [3.05, 3.63) is 12.2 Å². The SMILES string of the molecule is OC1COCC1NCC1CC2C=CC1C2. The first-order valence-electron chi connectivity index (χ1n) is 6.00. The zero-order chi connectivity index (χ0) is 10.3. The van der Waals surface area contributed by atoms with Gasteiger partial charge in [-0.05, 0) is 37.1 Å². The number of fused-ring (bicyclic) bond motifs is 2. The Morgan fingerprint density at radius 2 is 2.20 bits per heavy atom. The molecular weight excluding hydrogens is 190 g/mol. The van der Waals surface area contributed by atoms with Gasteiger partial charge in [-0.3, -0.25) is 0 Å². The summed E-state index contributed by atoms with van der Waals surface area (Å²) in [6, 6.07) is 0.160. The van der Waals surface area contributed by atoms with Crippen molar-refractivity contribution in [1.29, 1.82) is 0 Å². The van der Waals surface area contributed by atoms with E-state index in [-0.39, 0.29) is 12.1 Å². The predicted octanol–water partition coefficient (Wildman–Crippen LogP) is 0.548. The number of aliphatic hydroxyl groups excluding tert-OH is 1. The van der Waals surface area contributed by atoms with Crippen molar-refractivity contribution in [3.63, 3.8) is 0 Å². The topological polar surface area (TPSA) is 41.5 Å². The molecule has 0 spiro atoms. The van der Waals surface area contributed by atoms with E-state index in [1.54, 1.807) is 0 Å². The van der Waals surface area contributed by atoms with Crippen LogP contribution in [-0.2, 0) is 4.74 Å². The van der Waals surface area contributed by atoms with E-state index in [0.717, 1.165) is 24.3 Å². The zero-order valence-electron chi connectivity index (χ0n) is 8.93. The molecule has 1 aliphatic heterocycles. The number of rotatable bonds is 3. The van der Waals surface area contributed by atoms with E-state index in [2.05, 4.69) is 17.5 Å². The van der Waals surface area contributed by atoms with Crippen molar-refractivity contribution >= 4 is 0 Å². The van der Waals surface area contributed by atoms with Crippen LogP contribution in [0.2, 0.25) is 0 Å². The summed E-state index contributed by atoms with van der Waals surface area (Å²) < 4.78 is 5.22. The van der Waals surface area contributed by atoms with Gasteiger partial charge < -0.3 is 15.2 Å². The minimum Gasteiger partial charge on any atom is -0.389 e. The van der Waals surface area contributed by atoms with Crippen LogP contribution in [0.5, 0.6) is 0 Å². The van der Waals surface area contributed by atoms with E-state index in [4.69, 9.17) is 4.74 Å². The molecule has 1 saturated carbocycles. The standard InChI is InChI=1S/C12H19NO2/c14-12-7-15-6-11(12)13-5-10-4-8-1-2-9(10)3-8/h1-2,8-14H,3-7H2. The first-order valence-corrected chi connectivity index (χ1v) is 6.00. The van der Waals surface area contributed by atoms with E-state index in [9.17, 15) is 5.11 Å². The van der Waals surface area contributed by atoms with Gasteiger partial charge in [-0.1, -0.05) is 12.2 Å². The Morgan fingerprint density at radius 1 is 1.27 bits per heavy atom. The molecule has 0 aromatic carbocycles. The van der Waals surface area contributed by atoms with Crippen LogP contribution in [0.4, 0.5) is 0 Å². The van der Waals surface area contributed by atoms with Crippen molar-refractivity contribution < 1.29 is 9.84 Å². The number of hydrogen-bond acceptors (Lipinski definition) is 3. The summed E-state index contributed by atoms with van der Waals surface area (Å²) in [6.07, 6.45) is 7.13. The summed E-state index contributed by atoms with van der Waals surface area (Å²) in [5.41, 5.74) is 0. The highest BCUT2D eigenvalue weighted by molar-refractivity contribution is 5.10. The molecule has 15 heavy (non-hydrogen) atoms. The van der Waals surface area contributed by atoms with Crippen molar-refractivity contribution in [2.75, 3.05) is 19.8 Å². The lowest BCUT2D eigenvalue weighted by atomic mass is 9.93. The molecule has 1 saturated heterocycles. The van der Waals surface area contributed by atoms with Crippen LogP contribution in [0.25, 0.3) is 0 Å². The average Bonchev–Trinajstić information content (AvgIpc) is 2.90. The molecule has 0 radical (unpaired) electrons. The number of allylic oxidation sites excluding steroid dienone is 2. The summed E-state index contributed by atoms with van der Waals surface area (Å²) in [4.78, 5) is 0. The van der Waals surface area contributed by atoms with Gasteiger partial charge in [0, 0.05) is 0 Å². The lowest BCUT2D eigenvalue weighted by Gasteiger charge is -2.22. The highest BCUT2D eigenvalue weighted by atomic mass is 16.5. The Kier molecular flexibility index (Phi) is 2.54. The van der Waals surface area contributed by atoms with Crippen molar-refractivity contribution in [2.24, 2.45) is 17.8 Å². The maximum Gasteiger partial charge on any atom is 0.0948 e. The lowest BCUT2D eigenvalue weighted by Crippen LogP contribution is -2.41. The van der Waals surface area contributed by atoms with Gasteiger partial charge in [0.2, 0.25) is 0 Å². The Labute approximate surface area is 90.5 Å². The molecule has 2 aliphatic carbocycles. The highest BCUT2D eigenvalue weighted by Crippen LogP contribution is 2.43. The molecule has 3 rings (SSSR count). The van der Waals surface area contributed by atoms with Crippen molar-refractivity contribution in [3.8, 4) is 0 Å². The van der Waals surface area contributed by atoms with Crippen molar-refractivity contribution in [1.82, 2.24) is 5.32 Å². The summed E-state index contributed by atoms with van der Waals surface area (Å²) in [7, 11) is 0. The molecule has 0 aromatic heterocycles. The normalized spacial score (nSPS) is 47.9. The molecule has 0 amide bonds. The number of ether oxygens (including phenoxy) is 1. The fourth-order valence-corrected chi connectivity index (χ4v) is 3.17. The van der Waals surface area contributed by atoms with E-state index >= 15 is 0 Å². The lowest BCUT2D eigenvalue weighted by molar-refractivity contribution is 0.122. The molecule has 3 nitrogen and oxygen atoms in total. The molecule has 0 aromatic rings. The predicted molar refractivity (Wildman–Crippen MR) is 57.5 cm³/mol. The maximum atomic E-state index is 9.59. The van der Waals surface area contributed by atoms with Gasteiger partial charge >= 0.3 is 0 Å². The van der Waals surface area contributed by atoms with Crippen LogP contribution in [0, 0.1) is 17.8 Å². The fraction of sp³-hybridized carbons (Fsp3) is 0.833. The van der Waals surface area contributed by atoms with Crippen LogP contribution in [0.15, 0.2) is 12.2 Å². The van der Waals surface area contributed by atoms with Crippen LogP contribution in [-0.4, -0.2) is 37.0 Å². The van der Waals surface area contributed by atoms with Gasteiger partial charge in [-0.25, -0.2) is 0 Å². The molecule has 2 fully saturated rings. The van der Waals surface area contributed by atoms with Gasteiger partial charge in [-0.2, -0.15) is 0 Å². The summed E-state index contributed by atoms with van der Waals surface area (Å²) in [5.74, 6) is 2.42. The second-order valence-corrected chi connectivity index (χ2v) is 5.16. The van der Waals surface area contributed by atoms with Crippen LogP contribution in [0.1, 0.15) is 12.8 Å². The smallest absolute Gasteiger partial charge is 0.0948 e. The molecule has 1 heterocycles. The third kappa shape index (κ3) is 1.84. The van der Waals surface area contributed by atoms with E-state index < -0.39 is 0 Å². The van der Waals surface area contributed by atoms with Crippen LogP contribution in [0.3, 0.4) is 0 Å². The Morgan fingerprint density at radius 3 is 2.80 bits per heavy atom. The second-order valence-electron chi connectivity index (χ2n) is 5.16. The molecule has 3 heteroatoms. The van der Waals surface area contributed by atoms with Gasteiger partial charge in [0.25, 0.3) is 0 Å². The number of aliphatic hydroxyl groups is 1. The monoisotopic (exact) mass is 209 g/mol. The molecule has 5 unspecified atom stereocenters. The minimum atomic E-state index is -0.306. The maximum absolute atomic E-state index is 9.59. The van der Waals surface area contributed by atoms with E-state index in [0.29, 0.717) is 13.2 Å². The fourth-order valence-electron chi connectivity index (χ4n) is 3.17. The first kappa shape index (κ1) is 9.82.